The van der Waals surface area contributed by atoms with Crippen LogP contribution in [0.15, 0.2) is 12.2 Å². The highest BCUT2D eigenvalue weighted by molar-refractivity contribution is 6.14. The molecule has 0 bridgehead atoms. The third-order valence-corrected chi connectivity index (χ3v) is 2.92. The number of rotatable bonds is 0. The molecule has 1 aliphatic heterocycles. The van der Waals surface area contributed by atoms with E-state index in [2.05, 4.69) is 6.58 Å². The molecule has 2 aliphatic rings. The lowest BCUT2D eigenvalue weighted by atomic mass is 10.1. The summed E-state index contributed by atoms with van der Waals surface area (Å²) in [6.45, 7) is 3.33. The van der Waals surface area contributed by atoms with E-state index in [-0.39, 0.29) is 5.57 Å². The number of hydrogen-bond acceptors (Lipinski definition) is 4. The van der Waals surface area contributed by atoms with E-state index in [0.717, 1.165) is 25.7 Å². The van der Waals surface area contributed by atoms with E-state index in [0.29, 0.717) is 12.8 Å². The molecular weight excluding hydrogens is 196 g/mol. The topological polar surface area (TPSA) is 52.6 Å². The lowest BCUT2D eigenvalue weighted by molar-refractivity contribution is -0.239. The molecule has 1 aliphatic carbocycles. The summed E-state index contributed by atoms with van der Waals surface area (Å²) in [5.41, 5.74) is -0.204. The van der Waals surface area contributed by atoms with Gasteiger partial charge in [0.15, 0.2) is 0 Å². The zero-order valence-corrected chi connectivity index (χ0v) is 8.58. The van der Waals surface area contributed by atoms with Crippen LogP contribution >= 0.6 is 0 Å². The Morgan fingerprint density at radius 3 is 1.87 bits per heavy atom. The quantitative estimate of drug-likeness (QED) is 0.347. The molecule has 0 aromatic rings. The van der Waals surface area contributed by atoms with Crippen molar-refractivity contribution in [3.63, 3.8) is 0 Å². The maximum absolute atomic E-state index is 11.4. The highest BCUT2D eigenvalue weighted by Gasteiger charge is 2.45. The van der Waals surface area contributed by atoms with Crippen molar-refractivity contribution >= 4 is 11.9 Å². The standard InChI is InChI=1S/C11H14O4/c1-8-9(12)14-11(15-10(8)13)6-4-2-3-5-7-11/h1-7H2. The van der Waals surface area contributed by atoms with Gasteiger partial charge in [-0.05, 0) is 12.8 Å². The Balaban J connectivity index is 2.17. The second kappa shape index (κ2) is 3.68. The maximum Gasteiger partial charge on any atom is 0.348 e. The van der Waals surface area contributed by atoms with E-state index in [9.17, 15) is 9.59 Å². The zero-order chi connectivity index (χ0) is 10.9. The predicted octanol–water partition coefficient (Wildman–Crippen LogP) is 1.69. The average molecular weight is 210 g/mol. The molecule has 15 heavy (non-hydrogen) atoms. The van der Waals surface area contributed by atoms with Crippen LogP contribution in [0, 0.1) is 0 Å². The van der Waals surface area contributed by atoms with Crippen molar-refractivity contribution in [3.05, 3.63) is 12.2 Å². The van der Waals surface area contributed by atoms with Gasteiger partial charge in [0.25, 0.3) is 5.79 Å². The fraction of sp³-hybridized carbons (Fsp3) is 0.636. The highest BCUT2D eigenvalue weighted by atomic mass is 16.7. The Labute approximate surface area is 88.2 Å². The summed E-state index contributed by atoms with van der Waals surface area (Å²) in [6, 6.07) is 0. The SMILES string of the molecule is C=C1C(=O)OC2(CCCCCC2)OC1=O. The minimum atomic E-state index is -0.994. The van der Waals surface area contributed by atoms with Crippen molar-refractivity contribution in [2.75, 3.05) is 0 Å². The van der Waals surface area contributed by atoms with Crippen LogP contribution in [0.3, 0.4) is 0 Å². The summed E-state index contributed by atoms with van der Waals surface area (Å²) < 4.78 is 10.4. The second-order valence-corrected chi connectivity index (χ2v) is 4.08. The summed E-state index contributed by atoms with van der Waals surface area (Å²) in [4.78, 5) is 22.7. The van der Waals surface area contributed by atoms with Gasteiger partial charge >= 0.3 is 11.9 Å². The summed E-state index contributed by atoms with van der Waals surface area (Å²) in [5.74, 6) is -2.26. The molecule has 2 rings (SSSR count). The molecule has 0 atom stereocenters. The first-order chi connectivity index (χ1) is 7.13. The number of carbonyl (C=O) groups excluding carboxylic acids is 2. The molecule has 1 heterocycles. The Bertz CT molecular complexity index is 289. The van der Waals surface area contributed by atoms with E-state index in [1.807, 2.05) is 0 Å². The number of carbonyl (C=O) groups is 2. The molecule has 1 spiro atoms. The Hall–Kier alpha value is -1.32. The summed E-state index contributed by atoms with van der Waals surface area (Å²) in [6.07, 6.45) is 5.26. The Kier molecular flexibility index (Phi) is 2.50. The molecule has 0 aromatic heterocycles. The number of ether oxygens (including phenoxy) is 2. The average Bonchev–Trinajstić information content (AvgIpc) is 2.40. The molecule has 0 radical (unpaired) electrons. The molecule has 0 unspecified atom stereocenters. The van der Waals surface area contributed by atoms with Crippen LogP contribution in [0.1, 0.15) is 38.5 Å². The number of hydrogen-bond donors (Lipinski definition) is 0. The first-order valence-corrected chi connectivity index (χ1v) is 5.29. The number of esters is 2. The third-order valence-electron chi connectivity index (χ3n) is 2.92. The first kappa shape index (κ1) is 10.2. The van der Waals surface area contributed by atoms with Gasteiger partial charge in [-0.1, -0.05) is 19.4 Å². The van der Waals surface area contributed by atoms with Crippen LogP contribution in [0.2, 0.25) is 0 Å². The van der Waals surface area contributed by atoms with Gasteiger partial charge in [0.1, 0.15) is 5.57 Å². The van der Waals surface area contributed by atoms with Gasteiger partial charge in [-0.25, -0.2) is 9.59 Å². The summed E-state index contributed by atoms with van der Waals surface area (Å²) in [7, 11) is 0. The molecule has 2 fully saturated rings. The van der Waals surface area contributed by atoms with Crippen molar-refractivity contribution in [3.8, 4) is 0 Å². The highest BCUT2D eigenvalue weighted by Crippen LogP contribution is 2.35. The van der Waals surface area contributed by atoms with Crippen molar-refractivity contribution in [1.29, 1.82) is 0 Å². The van der Waals surface area contributed by atoms with E-state index < -0.39 is 17.7 Å². The van der Waals surface area contributed by atoms with Gasteiger partial charge in [0.05, 0.1) is 0 Å². The van der Waals surface area contributed by atoms with E-state index in [1.54, 1.807) is 0 Å². The molecule has 0 amide bonds. The third kappa shape index (κ3) is 1.89. The van der Waals surface area contributed by atoms with Crippen LogP contribution in [0.5, 0.6) is 0 Å². The minimum Gasteiger partial charge on any atom is -0.419 e. The summed E-state index contributed by atoms with van der Waals surface area (Å²) in [5, 5.41) is 0. The van der Waals surface area contributed by atoms with E-state index in [1.165, 1.54) is 0 Å². The largest absolute Gasteiger partial charge is 0.419 e. The van der Waals surface area contributed by atoms with Gasteiger partial charge in [-0.15, -0.1) is 0 Å². The molecule has 1 saturated heterocycles. The second-order valence-electron chi connectivity index (χ2n) is 4.08. The zero-order valence-electron chi connectivity index (χ0n) is 8.58. The molecule has 1 saturated carbocycles. The van der Waals surface area contributed by atoms with Crippen LogP contribution in [-0.4, -0.2) is 17.7 Å². The Morgan fingerprint density at radius 2 is 1.40 bits per heavy atom. The predicted molar refractivity (Wildman–Crippen MR) is 51.8 cm³/mol. The maximum atomic E-state index is 11.4. The van der Waals surface area contributed by atoms with Crippen molar-refractivity contribution in [1.82, 2.24) is 0 Å². The van der Waals surface area contributed by atoms with Gasteiger partial charge < -0.3 is 9.47 Å². The van der Waals surface area contributed by atoms with Crippen molar-refractivity contribution < 1.29 is 19.1 Å². The molecule has 4 nitrogen and oxygen atoms in total. The van der Waals surface area contributed by atoms with Gasteiger partial charge in [-0.2, -0.15) is 0 Å². The first-order valence-electron chi connectivity index (χ1n) is 5.29. The summed E-state index contributed by atoms with van der Waals surface area (Å²) >= 11 is 0. The van der Waals surface area contributed by atoms with E-state index >= 15 is 0 Å². The fourth-order valence-corrected chi connectivity index (χ4v) is 2.04. The van der Waals surface area contributed by atoms with Gasteiger partial charge in [0.2, 0.25) is 0 Å². The van der Waals surface area contributed by atoms with Crippen molar-refractivity contribution in [2.24, 2.45) is 0 Å². The van der Waals surface area contributed by atoms with Crippen LogP contribution in [0.25, 0.3) is 0 Å². The molecule has 0 N–H and O–H groups in total. The lowest BCUT2D eigenvalue weighted by Crippen LogP contribution is -2.45. The normalized spacial score (nSPS) is 25.7. The smallest absolute Gasteiger partial charge is 0.348 e. The van der Waals surface area contributed by atoms with Gasteiger partial charge in [0, 0.05) is 12.8 Å². The lowest BCUT2D eigenvalue weighted by Gasteiger charge is -2.35. The molecular formula is C11H14O4. The van der Waals surface area contributed by atoms with Crippen LogP contribution in [0.4, 0.5) is 0 Å². The molecule has 4 heteroatoms. The minimum absolute atomic E-state index is 0.204. The fourth-order valence-electron chi connectivity index (χ4n) is 2.04. The molecule has 82 valence electrons. The molecule has 0 aromatic carbocycles. The monoisotopic (exact) mass is 210 g/mol. The van der Waals surface area contributed by atoms with E-state index in [4.69, 9.17) is 9.47 Å². The van der Waals surface area contributed by atoms with Gasteiger partial charge in [-0.3, -0.25) is 0 Å². The van der Waals surface area contributed by atoms with Crippen LogP contribution < -0.4 is 0 Å². The van der Waals surface area contributed by atoms with Crippen molar-refractivity contribution in [2.45, 2.75) is 44.3 Å². The Morgan fingerprint density at radius 1 is 0.933 bits per heavy atom. The van der Waals surface area contributed by atoms with Crippen LogP contribution in [-0.2, 0) is 19.1 Å².